The molecule has 0 aromatic heterocycles. The lowest BCUT2D eigenvalue weighted by Crippen LogP contribution is -1.67. The summed E-state index contributed by atoms with van der Waals surface area (Å²) in [4.78, 5) is 0. The molecule has 0 heterocycles. The van der Waals surface area contributed by atoms with E-state index in [0.717, 1.165) is 0 Å². The van der Waals surface area contributed by atoms with Crippen LogP contribution < -0.4 is 0 Å². The van der Waals surface area contributed by atoms with E-state index in [0.29, 0.717) is 0 Å². The van der Waals surface area contributed by atoms with Crippen LogP contribution in [0.15, 0.2) is 48.5 Å². The van der Waals surface area contributed by atoms with Gasteiger partial charge in [-0.25, -0.2) is 0 Å². The van der Waals surface area contributed by atoms with Gasteiger partial charge in [0.15, 0.2) is 0 Å². The van der Waals surface area contributed by atoms with Crippen molar-refractivity contribution in [2.45, 2.75) is 0 Å². The zero-order valence-electron chi connectivity index (χ0n) is 8.01. The van der Waals surface area contributed by atoms with Gasteiger partial charge in [0, 0.05) is 21.4 Å². The van der Waals surface area contributed by atoms with E-state index in [-0.39, 0.29) is 12.4 Å². The van der Waals surface area contributed by atoms with E-state index >= 15 is 0 Å². The molecule has 0 N–H and O–H groups in total. The van der Waals surface area contributed by atoms with Crippen LogP contribution in [0.1, 0.15) is 0 Å². The van der Waals surface area contributed by atoms with Crippen molar-refractivity contribution in [3.05, 3.63) is 48.5 Å². The molecule has 0 fully saturated rings. The number of hydrogen-bond acceptors (Lipinski definition) is 2. The van der Waals surface area contributed by atoms with Gasteiger partial charge in [-0.05, 0) is 10.8 Å². The minimum Gasteiger partial charge on any atom is -0.195 e. The van der Waals surface area contributed by atoms with Crippen molar-refractivity contribution in [3.8, 4) is 0 Å². The third kappa shape index (κ3) is 6.90. The van der Waals surface area contributed by atoms with Gasteiger partial charge >= 0.3 is 8.26 Å². The van der Waals surface area contributed by atoms with Crippen LogP contribution in [-0.4, -0.2) is 8.42 Å². The second kappa shape index (κ2) is 6.97. The molecule has 0 spiro atoms. The Morgan fingerprint density at radius 3 is 1.12 bits per heavy atom. The van der Waals surface area contributed by atoms with Crippen molar-refractivity contribution >= 4 is 52.8 Å². The summed E-state index contributed by atoms with van der Waals surface area (Å²) < 4.78 is 18.3. The summed E-state index contributed by atoms with van der Waals surface area (Å²) >= 11 is 0. The molecule has 0 saturated heterocycles. The molecule has 2 nitrogen and oxygen atoms in total. The first-order valence-corrected chi connectivity index (χ1v) is 7.18. The molecule has 6 heteroatoms. The van der Waals surface area contributed by atoms with Gasteiger partial charge in [-0.1, -0.05) is 48.5 Å². The summed E-state index contributed by atoms with van der Waals surface area (Å²) in [7, 11) is 4.81. The standard InChI is InChI=1S/C10H8.Cl2O2S.ClH/c1-2-6-10-8-4-3-7-9(10)5-1;1-5(2,3)4;/h1-8H;;1H. The smallest absolute Gasteiger partial charge is 0.195 e. The summed E-state index contributed by atoms with van der Waals surface area (Å²) in [6.45, 7) is 0. The van der Waals surface area contributed by atoms with Gasteiger partial charge in [-0.3, -0.25) is 0 Å². The van der Waals surface area contributed by atoms with Crippen molar-refractivity contribution < 1.29 is 8.42 Å². The van der Waals surface area contributed by atoms with Gasteiger partial charge < -0.3 is 0 Å². The molecule has 0 radical (unpaired) electrons. The Morgan fingerprint density at radius 1 is 0.750 bits per heavy atom. The second-order valence-electron chi connectivity index (χ2n) is 2.73. The molecule has 0 unspecified atom stereocenters. The quantitative estimate of drug-likeness (QED) is 0.690. The van der Waals surface area contributed by atoms with Gasteiger partial charge in [0.05, 0.1) is 0 Å². The van der Waals surface area contributed by atoms with E-state index in [2.05, 4.69) is 69.9 Å². The van der Waals surface area contributed by atoms with Gasteiger partial charge in [0.25, 0.3) is 0 Å². The summed E-state index contributed by atoms with van der Waals surface area (Å²) in [5.74, 6) is 0. The second-order valence-corrected chi connectivity index (χ2v) is 6.39. The van der Waals surface area contributed by atoms with Crippen LogP contribution in [0.4, 0.5) is 0 Å². The Morgan fingerprint density at radius 2 is 0.938 bits per heavy atom. The summed E-state index contributed by atoms with van der Waals surface area (Å²) in [5.41, 5.74) is 0. The highest BCUT2D eigenvalue weighted by atomic mass is 36.0. The Hall–Kier alpha value is -0.480. The van der Waals surface area contributed by atoms with Crippen LogP contribution in [0.3, 0.4) is 0 Å². The molecule has 2 aromatic carbocycles. The predicted molar refractivity (Wildman–Crippen MR) is 71.8 cm³/mol. The number of halogens is 3. The molecule has 0 amide bonds. The fourth-order valence-electron chi connectivity index (χ4n) is 1.13. The largest absolute Gasteiger partial charge is 0.317 e. The van der Waals surface area contributed by atoms with Crippen LogP contribution in [0.2, 0.25) is 0 Å². The van der Waals surface area contributed by atoms with Gasteiger partial charge in [0.2, 0.25) is 0 Å². The molecule has 0 aliphatic heterocycles. The maximum absolute atomic E-state index is 9.16. The van der Waals surface area contributed by atoms with Crippen LogP contribution in [0.5, 0.6) is 0 Å². The van der Waals surface area contributed by atoms with E-state index in [1.54, 1.807) is 0 Å². The number of rotatable bonds is 0. The normalized spacial score (nSPS) is 9.88. The van der Waals surface area contributed by atoms with Gasteiger partial charge in [-0.15, -0.1) is 12.4 Å². The molecule has 0 saturated carbocycles. The third-order valence-corrected chi connectivity index (χ3v) is 1.66. The fourth-order valence-corrected chi connectivity index (χ4v) is 1.13. The maximum atomic E-state index is 9.16. The van der Waals surface area contributed by atoms with Crippen molar-refractivity contribution in [2.24, 2.45) is 0 Å². The molecule has 88 valence electrons. The SMILES string of the molecule is Cl.O=S(=O)(Cl)Cl.c1ccc2ccccc2c1. The highest BCUT2D eigenvalue weighted by Crippen LogP contribution is 2.11. The highest BCUT2D eigenvalue weighted by molar-refractivity contribution is 8.31. The van der Waals surface area contributed by atoms with E-state index in [1.165, 1.54) is 10.8 Å². The molecule has 2 aromatic rings. The lowest BCUT2D eigenvalue weighted by molar-refractivity contribution is 0.621. The Kier molecular flexibility index (Phi) is 6.76. The van der Waals surface area contributed by atoms with Gasteiger partial charge in [0.1, 0.15) is 0 Å². The average molecular weight is 300 g/mol. The molecule has 0 aliphatic carbocycles. The van der Waals surface area contributed by atoms with E-state index in [1.807, 2.05) is 0 Å². The molecule has 0 bridgehead atoms. The average Bonchev–Trinajstić information content (AvgIpc) is 2.16. The Bertz CT molecular complexity index is 467. The zero-order valence-corrected chi connectivity index (χ0v) is 11.2. The Labute approximate surface area is 110 Å². The summed E-state index contributed by atoms with van der Waals surface area (Å²) in [5, 5.41) is 2.62. The molecule has 2 rings (SSSR count). The highest BCUT2D eigenvalue weighted by Gasteiger charge is 1.88. The lowest BCUT2D eigenvalue weighted by atomic mass is 10.1. The topological polar surface area (TPSA) is 34.1 Å². The minimum absolute atomic E-state index is 0. The first kappa shape index (κ1) is 15.5. The van der Waals surface area contributed by atoms with Crippen LogP contribution in [0, 0.1) is 0 Å². The monoisotopic (exact) mass is 298 g/mol. The fraction of sp³-hybridized carbons (Fsp3) is 0. The first-order chi connectivity index (χ1) is 6.97. The minimum atomic E-state index is -3.72. The number of fused-ring (bicyclic) bond motifs is 1. The molecular weight excluding hydrogens is 291 g/mol. The summed E-state index contributed by atoms with van der Waals surface area (Å²) in [6, 6.07) is 16.7. The Balaban J connectivity index is 0.000000330. The van der Waals surface area contributed by atoms with Crippen molar-refractivity contribution in [1.82, 2.24) is 0 Å². The van der Waals surface area contributed by atoms with E-state index < -0.39 is 8.26 Å². The van der Waals surface area contributed by atoms with E-state index in [9.17, 15) is 0 Å². The van der Waals surface area contributed by atoms with Crippen LogP contribution in [0.25, 0.3) is 10.8 Å². The summed E-state index contributed by atoms with van der Waals surface area (Å²) in [6.07, 6.45) is 0. The number of hydrogen-bond donors (Lipinski definition) is 0. The molecular formula is C10H9Cl3O2S. The molecule has 0 aliphatic rings. The lowest BCUT2D eigenvalue weighted by Gasteiger charge is -1.92. The van der Waals surface area contributed by atoms with Crippen molar-refractivity contribution in [2.75, 3.05) is 0 Å². The van der Waals surface area contributed by atoms with Crippen molar-refractivity contribution in [1.29, 1.82) is 0 Å². The third-order valence-electron chi connectivity index (χ3n) is 1.66. The van der Waals surface area contributed by atoms with Crippen LogP contribution >= 0.6 is 33.8 Å². The van der Waals surface area contributed by atoms with E-state index in [4.69, 9.17) is 8.42 Å². The zero-order chi connectivity index (χ0) is 11.3. The predicted octanol–water partition coefficient (Wildman–Crippen LogP) is 3.97. The maximum Gasteiger partial charge on any atom is 0.317 e. The van der Waals surface area contributed by atoms with Crippen LogP contribution in [-0.2, 0) is 8.26 Å². The molecule has 0 atom stereocenters. The number of benzene rings is 2. The first-order valence-electron chi connectivity index (χ1n) is 4.05. The van der Waals surface area contributed by atoms with Gasteiger partial charge in [-0.2, -0.15) is 8.42 Å². The molecule has 16 heavy (non-hydrogen) atoms. The van der Waals surface area contributed by atoms with Crippen molar-refractivity contribution in [3.63, 3.8) is 0 Å².